The number of hydrogen-bond acceptors (Lipinski definition) is 4. The maximum absolute atomic E-state index is 12.2. The number of nitrogens with zero attached hydrogens (tertiary/aromatic N) is 1. The molecule has 6 heteroatoms. The van der Waals surface area contributed by atoms with E-state index >= 15 is 0 Å². The Morgan fingerprint density at radius 3 is 2.67 bits per heavy atom. The summed E-state index contributed by atoms with van der Waals surface area (Å²) in [5, 5.41) is 16.8. The zero-order chi connectivity index (χ0) is 15.8. The highest BCUT2D eigenvalue weighted by atomic mass is 16.6. The van der Waals surface area contributed by atoms with Crippen LogP contribution in [0.1, 0.15) is 49.9 Å². The lowest BCUT2D eigenvalue weighted by Crippen LogP contribution is -2.33. The molecule has 0 aliphatic rings. The van der Waals surface area contributed by atoms with Gasteiger partial charge in [-0.2, -0.15) is 0 Å². The third-order valence-corrected chi connectivity index (χ3v) is 3.35. The molecule has 0 aromatic heterocycles. The molecule has 1 aromatic rings. The highest BCUT2D eigenvalue weighted by Gasteiger charge is 2.24. The molecule has 1 amide bonds. The number of carbonyl (C=O) groups excluding carboxylic acids is 1. The van der Waals surface area contributed by atoms with Crippen molar-refractivity contribution in [2.24, 2.45) is 0 Å². The molecular weight excluding hydrogens is 270 g/mol. The third kappa shape index (κ3) is 4.73. The zero-order valence-electron chi connectivity index (χ0n) is 12.8. The Hall–Kier alpha value is -2.11. The maximum atomic E-state index is 12.2. The van der Waals surface area contributed by atoms with Gasteiger partial charge < -0.3 is 10.6 Å². The predicted octanol–water partition coefficient (Wildman–Crippen LogP) is 3.34. The number of amides is 1. The first-order valence-corrected chi connectivity index (χ1v) is 7.27. The molecule has 0 spiro atoms. The Morgan fingerprint density at radius 1 is 1.38 bits per heavy atom. The van der Waals surface area contributed by atoms with Crippen LogP contribution in [-0.4, -0.2) is 23.9 Å². The molecule has 1 rings (SSSR count). The van der Waals surface area contributed by atoms with Crippen molar-refractivity contribution in [2.75, 3.05) is 12.4 Å². The number of hydrogen-bond donors (Lipinski definition) is 2. The van der Waals surface area contributed by atoms with Crippen LogP contribution in [0.4, 0.5) is 11.4 Å². The highest BCUT2D eigenvalue weighted by Crippen LogP contribution is 2.28. The molecule has 0 aliphatic carbocycles. The molecule has 0 saturated heterocycles. The van der Waals surface area contributed by atoms with Crippen LogP contribution in [0.2, 0.25) is 0 Å². The van der Waals surface area contributed by atoms with Crippen molar-refractivity contribution < 1.29 is 9.72 Å². The van der Waals surface area contributed by atoms with E-state index in [1.807, 2.05) is 6.92 Å². The molecule has 1 unspecified atom stereocenters. The summed E-state index contributed by atoms with van der Waals surface area (Å²) >= 11 is 0. The molecule has 0 radical (unpaired) electrons. The SMILES string of the molecule is CCCCCC(C)NC(=O)c1cccc(NC)c1[N+](=O)[O-]. The molecule has 1 atom stereocenters. The number of nitrogens with one attached hydrogen (secondary N) is 2. The molecule has 0 aliphatic heterocycles. The Balaban J connectivity index is 2.85. The second kappa shape index (κ2) is 8.24. The highest BCUT2D eigenvalue weighted by molar-refractivity contribution is 6.00. The van der Waals surface area contributed by atoms with E-state index in [2.05, 4.69) is 17.6 Å². The fraction of sp³-hybridized carbons (Fsp3) is 0.533. The second-order valence-electron chi connectivity index (χ2n) is 5.08. The first-order valence-electron chi connectivity index (χ1n) is 7.27. The van der Waals surface area contributed by atoms with Crippen molar-refractivity contribution in [3.8, 4) is 0 Å². The van der Waals surface area contributed by atoms with Crippen molar-refractivity contribution in [1.82, 2.24) is 5.32 Å². The lowest BCUT2D eigenvalue weighted by molar-refractivity contribution is -0.384. The number of nitro benzene ring substituents is 1. The van der Waals surface area contributed by atoms with Gasteiger partial charge in [0.25, 0.3) is 5.91 Å². The van der Waals surface area contributed by atoms with Gasteiger partial charge in [-0.1, -0.05) is 32.3 Å². The summed E-state index contributed by atoms with van der Waals surface area (Å²) in [5.41, 5.74) is 0.249. The van der Waals surface area contributed by atoms with Crippen molar-refractivity contribution in [3.63, 3.8) is 0 Å². The second-order valence-corrected chi connectivity index (χ2v) is 5.08. The van der Waals surface area contributed by atoms with Crippen LogP contribution < -0.4 is 10.6 Å². The minimum Gasteiger partial charge on any atom is -0.383 e. The average Bonchev–Trinajstić information content (AvgIpc) is 2.46. The molecule has 0 saturated carbocycles. The summed E-state index contributed by atoms with van der Waals surface area (Å²) in [4.78, 5) is 22.9. The van der Waals surface area contributed by atoms with Gasteiger partial charge in [0.1, 0.15) is 11.3 Å². The minimum absolute atomic E-state index is 0.00176. The van der Waals surface area contributed by atoms with E-state index in [1.165, 1.54) is 6.07 Å². The molecule has 1 aromatic carbocycles. The van der Waals surface area contributed by atoms with E-state index in [9.17, 15) is 14.9 Å². The Morgan fingerprint density at radius 2 is 2.10 bits per heavy atom. The molecular formula is C15H23N3O3. The Kier molecular flexibility index (Phi) is 6.65. The largest absolute Gasteiger partial charge is 0.383 e. The smallest absolute Gasteiger partial charge is 0.305 e. The maximum Gasteiger partial charge on any atom is 0.305 e. The van der Waals surface area contributed by atoms with Crippen LogP contribution in [0, 0.1) is 10.1 Å². The van der Waals surface area contributed by atoms with Crippen molar-refractivity contribution in [1.29, 1.82) is 0 Å². The number of nitro groups is 1. The molecule has 21 heavy (non-hydrogen) atoms. The number of benzene rings is 1. The number of rotatable bonds is 8. The van der Waals surface area contributed by atoms with E-state index in [1.54, 1.807) is 19.2 Å². The minimum atomic E-state index is -0.525. The summed E-state index contributed by atoms with van der Waals surface area (Å²) in [7, 11) is 1.59. The lowest BCUT2D eigenvalue weighted by Gasteiger charge is -2.14. The number of carbonyl (C=O) groups is 1. The van der Waals surface area contributed by atoms with Crippen molar-refractivity contribution in [2.45, 2.75) is 45.6 Å². The van der Waals surface area contributed by atoms with Gasteiger partial charge in [0.05, 0.1) is 4.92 Å². The first kappa shape index (κ1) is 16.9. The molecule has 6 nitrogen and oxygen atoms in total. The monoisotopic (exact) mass is 293 g/mol. The molecule has 0 bridgehead atoms. The van der Waals surface area contributed by atoms with Gasteiger partial charge in [0, 0.05) is 13.1 Å². The fourth-order valence-corrected chi connectivity index (χ4v) is 2.20. The Labute approximate surface area is 125 Å². The summed E-state index contributed by atoms with van der Waals surface area (Å²) in [5.74, 6) is -0.400. The van der Waals surface area contributed by atoms with Gasteiger partial charge in [0.2, 0.25) is 0 Å². The molecule has 0 heterocycles. The van der Waals surface area contributed by atoms with Gasteiger partial charge in [-0.25, -0.2) is 0 Å². The standard InChI is InChI=1S/C15H23N3O3/c1-4-5-6-8-11(2)17-15(19)12-9-7-10-13(16-3)14(12)18(20)21/h7,9-11,16H,4-6,8H2,1-3H3,(H,17,19). The predicted molar refractivity (Wildman–Crippen MR) is 83.7 cm³/mol. The van der Waals surface area contributed by atoms with Gasteiger partial charge in [-0.3, -0.25) is 14.9 Å². The van der Waals surface area contributed by atoms with Crippen LogP contribution in [0.25, 0.3) is 0 Å². The number of unbranched alkanes of at least 4 members (excludes halogenated alkanes) is 2. The van der Waals surface area contributed by atoms with Gasteiger partial charge >= 0.3 is 5.69 Å². The summed E-state index contributed by atoms with van der Waals surface area (Å²) in [6.45, 7) is 4.04. The van der Waals surface area contributed by atoms with E-state index in [0.29, 0.717) is 5.69 Å². The normalized spacial score (nSPS) is 11.8. The van der Waals surface area contributed by atoms with E-state index in [4.69, 9.17) is 0 Å². The Bertz CT molecular complexity index is 503. The zero-order valence-corrected chi connectivity index (χ0v) is 12.8. The third-order valence-electron chi connectivity index (χ3n) is 3.35. The van der Waals surface area contributed by atoms with Gasteiger partial charge in [-0.05, 0) is 25.5 Å². The van der Waals surface area contributed by atoms with Crippen LogP contribution in [0.5, 0.6) is 0 Å². The quantitative estimate of drug-likeness (QED) is 0.437. The number of para-hydroxylation sites is 1. The van der Waals surface area contributed by atoms with E-state index < -0.39 is 10.8 Å². The molecule has 0 fully saturated rings. The fourth-order valence-electron chi connectivity index (χ4n) is 2.20. The van der Waals surface area contributed by atoms with Crippen molar-refractivity contribution in [3.05, 3.63) is 33.9 Å². The van der Waals surface area contributed by atoms with Gasteiger partial charge in [0.15, 0.2) is 0 Å². The topological polar surface area (TPSA) is 84.3 Å². The first-order chi connectivity index (χ1) is 10.0. The van der Waals surface area contributed by atoms with Crippen LogP contribution in [0.15, 0.2) is 18.2 Å². The molecule has 116 valence electrons. The number of anilines is 1. The van der Waals surface area contributed by atoms with Crippen LogP contribution in [-0.2, 0) is 0 Å². The summed E-state index contributed by atoms with van der Waals surface area (Å²) in [6.07, 6.45) is 4.15. The summed E-state index contributed by atoms with van der Waals surface area (Å²) < 4.78 is 0. The lowest BCUT2D eigenvalue weighted by atomic mass is 10.1. The van der Waals surface area contributed by atoms with Crippen LogP contribution >= 0.6 is 0 Å². The van der Waals surface area contributed by atoms with E-state index in [-0.39, 0.29) is 17.3 Å². The van der Waals surface area contributed by atoms with Crippen LogP contribution in [0.3, 0.4) is 0 Å². The van der Waals surface area contributed by atoms with Gasteiger partial charge in [-0.15, -0.1) is 0 Å². The average molecular weight is 293 g/mol. The van der Waals surface area contributed by atoms with E-state index in [0.717, 1.165) is 25.7 Å². The summed E-state index contributed by atoms with van der Waals surface area (Å²) in [6, 6.07) is 4.70. The van der Waals surface area contributed by atoms with Crippen molar-refractivity contribution >= 4 is 17.3 Å². The molecule has 2 N–H and O–H groups in total.